The second-order valence-electron chi connectivity index (χ2n) is 7.44. The number of aromatic nitrogens is 1. The van der Waals surface area contributed by atoms with Gasteiger partial charge in [-0.2, -0.15) is 0 Å². The van der Waals surface area contributed by atoms with Gasteiger partial charge >= 0.3 is 0 Å². The van der Waals surface area contributed by atoms with Crippen LogP contribution in [0.2, 0.25) is 5.02 Å². The largest absolute Gasteiger partial charge is 0.378 e. The van der Waals surface area contributed by atoms with Gasteiger partial charge in [0.2, 0.25) is 5.91 Å². The van der Waals surface area contributed by atoms with Crippen LogP contribution in [0.1, 0.15) is 29.4 Å². The summed E-state index contributed by atoms with van der Waals surface area (Å²) in [5.74, 6) is -1.31. The summed E-state index contributed by atoms with van der Waals surface area (Å²) in [5.41, 5.74) is 5.81. The van der Waals surface area contributed by atoms with E-state index >= 15 is 0 Å². The molecule has 2 aliphatic rings. The van der Waals surface area contributed by atoms with Gasteiger partial charge in [-0.15, -0.1) is 0 Å². The average Bonchev–Trinajstić information content (AvgIpc) is 3.45. The third-order valence-corrected chi connectivity index (χ3v) is 7.08. The van der Waals surface area contributed by atoms with Crippen molar-refractivity contribution in [1.82, 2.24) is 10.3 Å². The van der Waals surface area contributed by atoms with Gasteiger partial charge in [0.05, 0.1) is 10.6 Å². The number of nitrogens with one attached hydrogen (secondary N) is 2. The van der Waals surface area contributed by atoms with E-state index in [2.05, 4.69) is 20.6 Å². The van der Waals surface area contributed by atoms with Crippen molar-refractivity contribution < 1.29 is 14.0 Å². The Kier molecular flexibility index (Phi) is 4.98. The molecule has 4 N–H and O–H groups in total. The van der Waals surface area contributed by atoms with Gasteiger partial charge in [-0.25, -0.2) is 9.37 Å². The molecule has 1 fully saturated rings. The molecule has 30 heavy (non-hydrogen) atoms. The maximum atomic E-state index is 14.9. The van der Waals surface area contributed by atoms with E-state index in [9.17, 15) is 14.0 Å². The van der Waals surface area contributed by atoms with Gasteiger partial charge in [-0.05, 0) is 43.7 Å². The quantitative estimate of drug-likeness (QED) is 0.667. The summed E-state index contributed by atoms with van der Waals surface area (Å²) in [4.78, 5) is 33.4. The van der Waals surface area contributed by atoms with E-state index in [0.717, 1.165) is 0 Å². The first kappa shape index (κ1) is 20.6. The Bertz CT molecular complexity index is 1080. The molecule has 0 radical (unpaired) electrons. The van der Waals surface area contributed by atoms with Gasteiger partial charge < -0.3 is 16.4 Å². The SMILES string of the molecule is CNC(=O)[C@]12C[C@H]1[C@@](C)(c1cc(NC(=O)c3ccc(Cl)cn3)ccc1F)N=C(N)S2. The van der Waals surface area contributed by atoms with Crippen molar-refractivity contribution in [2.45, 2.75) is 23.6 Å². The summed E-state index contributed by atoms with van der Waals surface area (Å²) in [7, 11) is 1.56. The van der Waals surface area contributed by atoms with Crippen LogP contribution in [-0.4, -0.2) is 33.8 Å². The highest BCUT2D eigenvalue weighted by Crippen LogP contribution is 2.66. The van der Waals surface area contributed by atoms with Gasteiger partial charge in [0.15, 0.2) is 5.17 Å². The van der Waals surface area contributed by atoms with Crippen molar-refractivity contribution in [2.24, 2.45) is 16.6 Å². The Morgan fingerprint density at radius 3 is 2.77 bits per heavy atom. The summed E-state index contributed by atoms with van der Waals surface area (Å²) in [6.45, 7) is 1.76. The monoisotopic (exact) mass is 447 g/mol. The molecular weight excluding hydrogens is 429 g/mol. The number of rotatable bonds is 4. The van der Waals surface area contributed by atoms with Crippen molar-refractivity contribution in [2.75, 3.05) is 12.4 Å². The highest BCUT2D eigenvalue weighted by molar-refractivity contribution is 8.15. The van der Waals surface area contributed by atoms with E-state index < -0.39 is 22.0 Å². The fraction of sp³-hybridized carbons (Fsp3) is 0.300. The molecule has 1 saturated carbocycles. The number of amides is 2. The van der Waals surface area contributed by atoms with Crippen LogP contribution in [0.4, 0.5) is 10.1 Å². The van der Waals surface area contributed by atoms with Crippen LogP contribution in [0.5, 0.6) is 0 Å². The minimum Gasteiger partial charge on any atom is -0.378 e. The first-order valence-electron chi connectivity index (χ1n) is 9.19. The minimum atomic E-state index is -1.04. The Balaban J connectivity index is 1.67. The molecule has 3 atom stereocenters. The number of benzene rings is 1. The maximum Gasteiger partial charge on any atom is 0.274 e. The lowest BCUT2D eigenvalue weighted by atomic mass is 9.85. The Hall–Kier alpha value is -2.65. The lowest BCUT2D eigenvalue weighted by Gasteiger charge is -2.33. The number of amidine groups is 1. The molecule has 0 unspecified atom stereocenters. The number of pyridine rings is 1. The molecule has 156 valence electrons. The normalized spacial score (nSPS) is 26.9. The molecule has 4 rings (SSSR count). The minimum absolute atomic E-state index is 0.153. The standard InChI is InChI=1S/C20H19ClFN5O2S/c1-19(15-8-20(15,17(29)24-2)30-18(23)27-19)12-7-11(4-5-13(12)22)26-16(28)14-6-3-10(21)9-25-14/h3-7,9,15H,8H2,1-2H3,(H2,23,27)(H,24,29)(H,26,28)/t15-,19+,20-/m0/s1. The number of fused-ring (bicyclic) bond motifs is 1. The Morgan fingerprint density at radius 2 is 2.10 bits per heavy atom. The smallest absolute Gasteiger partial charge is 0.274 e. The zero-order valence-corrected chi connectivity index (χ0v) is 17.8. The van der Waals surface area contributed by atoms with Crippen molar-refractivity contribution in [3.63, 3.8) is 0 Å². The van der Waals surface area contributed by atoms with Gasteiger partial charge in [-0.3, -0.25) is 14.6 Å². The molecule has 1 aromatic carbocycles. The number of carbonyl (C=O) groups is 2. The number of carbonyl (C=O) groups excluding carboxylic acids is 2. The molecule has 2 aromatic rings. The molecule has 2 heterocycles. The lowest BCUT2D eigenvalue weighted by Crippen LogP contribution is -2.43. The number of aliphatic imine (C=N–C) groups is 1. The van der Waals surface area contributed by atoms with Crippen LogP contribution in [0, 0.1) is 11.7 Å². The van der Waals surface area contributed by atoms with Crippen LogP contribution >= 0.6 is 23.4 Å². The Labute approximate surface area is 181 Å². The molecule has 0 spiro atoms. The van der Waals surface area contributed by atoms with Crippen molar-refractivity contribution in [1.29, 1.82) is 0 Å². The Morgan fingerprint density at radius 1 is 1.33 bits per heavy atom. The number of nitrogens with zero attached hydrogens (tertiary/aromatic N) is 2. The second kappa shape index (κ2) is 7.24. The number of thioether (sulfide) groups is 1. The molecule has 2 amide bonds. The number of anilines is 1. The predicted octanol–water partition coefficient (Wildman–Crippen LogP) is 2.91. The van der Waals surface area contributed by atoms with Crippen molar-refractivity contribution in [3.8, 4) is 0 Å². The molecule has 1 aliphatic carbocycles. The van der Waals surface area contributed by atoms with Gasteiger partial charge in [0, 0.05) is 30.4 Å². The molecule has 1 aliphatic heterocycles. The highest BCUT2D eigenvalue weighted by atomic mass is 35.5. The number of halogens is 2. The van der Waals surface area contributed by atoms with Crippen LogP contribution in [0.3, 0.4) is 0 Å². The number of nitrogens with two attached hydrogens (primary N) is 1. The summed E-state index contributed by atoms with van der Waals surface area (Å²) in [5, 5.41) is 6.02. The lowest BCUT2D eigenvalue weighted by molar-refractivity contribution is -0.121. The van der Waals surface area contributed by atoms with Crippen LogP contribution < -0.4 is 16.4 Å². The van der Waals surface area contributed by atoms with Gasteiger partial charge in [-0.1, -0.05) is 23.4 Å². The van der Waals surface area contributed by atoms with Crippen LogP contribution in [0.15, 0.2) is 41.5 Å². The molecule has 1 aromatic heterocycles. The van der Waals surface area contributed by atoms with E-state index in [1.54, 1.807) is 20.0 Å². The molecular formula is C20H19ClFN5O2S. The molecule has 0 saturated heterocycles. The second-order valence-corrected chi connectivity index (χ2v) is 9.22. The number of hydrogen-bond acceptors (Lipinski definition) is 6. The summed E-state index contributed by atoms with van der Waals surface area (Å²) in [6.07, 6.45) is 1.90. The van der Waals surface area contributed by atoms with Crippen LogP contribution in [0.25, 0.3) is 0 Å². The fourth-order valence-corrected chi connectivity index (χ4v) is 5.52. The van der Waals surface area contributed by atoms with E-state index in [-0.39, 0.29) is 28.3 Å². The first-order chi connectivity index (χ1) is 14.2. The summed E-state index contributed by atoms with van der Waals surface area (Å²) < 4.78 is 14.1. The molecule has 7 nitrogen and oxygen atoms in total. The zero-order valence-electron chi connectivity index (χ0n) is 16.2. The van der Waals surface area contributed by atoms with Gasteiger partial charge in [0.25, 0.3) is 5.91 Å². The first-order valence-corrected chi connectivity index (χ1v) is 10.4. The average molecular weight is 448 g/mol. The zero-order chi connectivity index (χ0) is 21.7. The van der Waals surface area contributed by atoms with E-state index in [4.69, 9.17) is 17.3 Å². The molecule has 0 bridgehead atoms. The third-order valence-electron chi connectivity index (χ3n) is 5.56. The van der Waals surface area contributed by atoms with E-state index in [0.29, 0.717) is 17.1 Å². The summed E-state index contributed by atoms with van der Waals surface area (Å²) in [6, 6.07) is 7.31. The molecule has 10 heteroatoms. The summed E-state index contributed by atoms with van der Waals surface area (Å²) >= 11 is 7.02. The maximum absolute atomic E-state index is 14.9. The highest BCUT2D eigenvalue weighted by Gasteiger charge is 2.70. The van der Waals surface area contributed by atoms with E-state index in [1.165, 1.54) is 42.2 Å². The number of hydrogen-bond donors (Lipinski definition) is 3. The van der Waals surface area contributed by atoms with Gasteiger partial charge in [0.1, 0.15) is 16.3 Å². The van der Waals surface area contributed by atoms with Crippen molar-refractivity contribution >= 4 is 46.0 Å². The predicted molar refractivity (Wildman–Crippen MR) is 115 cm³/mol. The van der Waals surface area contributed by atoms with E-state index in [1.807, 2.05) is 0 Å². The third kappa shape index (κ3) is 3.31. The fourth-order valence-electron chi connectivity index (χ4n) is 3.98. The van der Waals surface area contributed by atoms with Crippen LogP contribution in [-0.2, 0) is 10.3 Å². The topological polar surface area (TPSA) is 109 Å². The van der Waals surface area contributed by atoms with Crippen molar-refractivity contribution in [3.05, 3.63) is 58.6 Å².